The molecule has 118 valence electrons. The first-order valence-corrected chi connectivity index (χ1v) is 8.43. The van der Waals surface area contributed by atoms with Gasteiger partial charge in [-0.3, -0.25) is 9.78 Å². The zero-order valence-electron chi connectivity index (χ0n) is 12.3. The second-order valence-corrected chi connectivity index (χ2v) is 6.98. The van der Waals surface area contributed by atoms with Crippen LogP contribution in [-0.4, -0.2) is 35.8 Å². The van der Waals surface area contributed by atoms with Crippen molar-refractivity contribution in [3.05, 3.63) is 36.0 Å². The molecule has 0 fully saturated rings. The summed E-state index contributed by atoms with van der Waals surface area (Å²) in [7, 11) is -3.59. The van der Waals surface area contributed by atoms with E-state index in [1.54, 1.807) is 18.2 Å². The van der Waals surface area contributed by atoms with Crippen LogP contribution in [0, 0.1) is 5.92 Å². The molecule has 1 N–H and O–H groups in total. The van der Waals surface area contributed by atoms with Gasteiger partial charge in [-0.25, -0.2) is 8.42 Å². The molecule has 0 unspecified atom stereocenters. The Bertz CT molecular complexity index is 755. The minimum absolute atomic E-state index is 0.0414. The van der Waals surface area contributed by atoms with E-state index in [9.17, 15) is 13.2 Å². The number of rotatable bonds is 5. The molecule has 2 aromatic rings. The highest BCUT2D eigenvalue weighted by atomic mass is 32.2. The monoisotopic (exact) mass is 324 g/mol. The van der Waals surface area contributed by atoms with E-state index in [1.807, 2.05) is 13.8 Å². The largest absolute Gasteiger partial charge is 0.410 e. The molecule has 0 radical (unpaired) electrons. The highest BCUT2D eigenvalue weighted by Gasteiger charge is 2.27. The Morgan fingerprint density at radius 3 is 2.50 bits per heavy atom. The second-order valence-electron chi connectivity index (χ2n) is 5.09. The van der Waals surface area contributed by atoms with Gasteiger partial charge in [0, 0.05) is 12.5 Å². The number of carbonyl (C=O) groups is 1. The van der Waals surface area contributed by atoms with Crippen molar-refractivity contribution in [3.63, 3.8) is 0 Å². The molecule has 0 aliphatic carbocycles. The molecule has 0 aliphatic rings. The lowest BCUT2D eigenvalue weighted by atomic mass is 10.0. The minimum atomic E-state index is -3.59. The summed E-state index contributed by atoms with van der Waals surface area (Å²) in [5.74, 6) is -0.446. The normalized spacial score (nSPS) is 13.1. The van der Waals surface area contributed by atoms with Gasteiger partial charge in [-0.1, -0.05) is 25.0 Å². The van der Waals surface area contributed by atoms with Gasteiger partial charge < -0.3 is 9.73 Å². The van der Waals surface area contributed by atoms with Gasteiger partial charge in [0.05, 0.1) is 0 Å². The Balaban J connectivity index is 2.24. The third-order valence-electron chi connectivity index (χ3n) is 2.86. The van der Waals surface area contributed by atoms with Gasteiger partial charge in [0.15, 0.2) is 0 Å². The maximum atomic E-state index is 12.2. The van der Waals surface area contributed by atoms with Crippen LogP contribution >= 0.6 is 0 Å². The summed E-state index contributed by atoms with van der Waals surface area (Å²) in [6.07, 6.45) is 2.48. The predicted molar refractivity (Wildman–Crippen MR) is 76.7 cm³/mol. The molecular weight excluding hydrogens is 308 g/mol. The molecule has 0 aromatic carbocycles. The Hall–Kier alpha value is -2.29. The molecule has 2 aromatic heterocycles. The van der Waals surface area contributed by atoms with Crippen molar-refractivity contribution in [3.8, 4) is 0 Å². The fraction of sp³-hybridized carbons (Fsp3) is 0.385. The minimum Gasteiger partial charge on any atom is -0.410 e. The van der Waals surface area contributed by atoms with Crippen molar-refractivity contribution in [1.82, 2.24) is 20.5 Å². The Labute approximate surface area is 127 Å². The number of sulfone groups is 1. The summed E-state index contributed by atoms with van der Waals surface area (Å²) >= 11 is 0. The lowest BCUT2D eigenvalue weighted by Crippen LogP contribution is -2.32. The van der Waals surface area contributed by atoms with Crippen LogP contribution in [0.3, 0.4) is 0 Å². The topological polar surface area (TPSA) is 115 Å². The van der Waals surface area contributed by atoms with Crippen molar-refractivity contribution in [2.75, 3.05) is 6.26 Å². The molecule has 22 heavy (non-hydrogen) atoms. The van der Waals surface area contributed by atoms with Gasteiger partial charge in [-0.05, 0) is 18.1 Å². The molecule has 1 amide bonds. The summed E-state index contributed by atoms with van der Waals surface area (Å²) in [5, 5.41) is 9.47. The summed E-state index contributed by atoms with van der Waals surface area (Å²) < 4.78 is 27.9. The maximum absolute atomic E-state index is 12.2. The Morgan fingerprint density at radius 1 is 1.27 bits per heavy atom. The Kier molecular flexibility index (Phi) is 4.55. The highest BCUT2D eigenvalue weighted by molar-refractivity contribution is 7.90. The van der Waals surface area contributed by atoms with Crippen LogP contribution < -0.4 is 5.32 Å². The van der Waals surface area contributed by atoms with Crippen molar-refractivity contribution in [2.45, 2.75) is 25.1 Å². The van der Waals surface area contributed by atoms with Crippen molar-refractivity contribution < 1.29 is 17.6 Å². The fourth-order valence-corrected chi connectivity index (χ4v) is 2.15. The maximum Gasteiger partial charge on any atom is 0.335 e. The van der Waals surface area contributed by atoms with Crippen LogP contribution in [0.2, 0.25) is 0 Å². The zero-order chi connectivity index (χ0) is 16.3. The van der Waals surface area contributed by atoms with E-state index in [0.717, 1.165) is 6.26 Å². The molecule has 2 rings (SSSR count). The quantitative estimate of drug-likeness (QED) is 0.872. The number of hydrogen-bond acceptors (Lipinski definition) is 7. The standard InChI is InChI=1S/C13H16N4O4S/c1-8(2)10(12-16-17-13(21-12)22(3,19)20)15-11(18)9-6-4-5-7-14-9/h4-8,10H,1-3H3,(H,15,18)/t10-/m0/s1. The predicted octanol–water partition coefficient (Wildman–Crippen LogP) is 0.995. The molecule has 9 heteroatoms. The number of pyridine rings is 1. The lowest BCUT2D eigenvalue weighted by Gasteiger charge is -2.18. The smallest absolute Gasteiger partial charge is 0.335 e. The van der Waals surface area contributed by atoms with Crippen molar-refractivity contribution >= 4 is 15.7 Å². The summed E-state index contributed by atoms with van der Waals surface area (Å²) in [6, 6.07) is 4.36. The summed E-state index contributed by atoms with van der Waals surface area (Å²) in [4.78, 5) is 16.1. The average Bonchev–Trinajstić information content (AvgIpc) is 2.94. The highest BCUT2D eigenvalue weighted by Crippen LogP contribution is 2.22. The number of aromatic nitrogens is 3. The van der Waals surface area contributed by atoms with Gasteiger partial charge in [0.2, 0.25) is 15.7 Å². The number of nitrogens with one attached hydrogen (secondary N) is 1. The van der Waals surface area contributed by atoms with Crippen LogP contribution in [-0.2, 0) is 9.84 Å². The van der Waals surface area contributed by atoms with Gasteiger partial charge in [0.1, 0.15) is 11.7 Å². The SMILES string of the molecule is CC(C)[C@H](NC(=O)c1ccccn1)c1nnc(S(C)(=O)=O)o1. The van der Waals surface area contributed by atoms with Crippen LogP contribution in [0.4, 0.5) is 0 Å². The van der Waals surface area contributed by atoms with Crippen molar-refractivity contribution in [2.24, 2.45) is 5.92 Å². The first-order chi connectivity index (χ1) is 10.3. The van der Waals surface area contributed by atoms with Gasteiger partial charge in [-0.15, -0.1) is 5.10 Å². The van der Waals surface area contributed by atoms with Gasteiger partial charge in [0.25, 0.3) is 5.91 Å². The molecule has 0 bridgehead atoms. The first-order valence-electron chi connectivity index (χ1n) is 6.54. The third-order valence-corrected chi connectivity index (χ3v) is 3.66. The number of carbonyl (C=O) groups excluding carboxylic acids is 1. The van der Waals surface area contributed by atoms with Crippen LogP contribution in [0.5, 0.6) is 0 Å². The molecule has 2 heterocycles. The molecule has 0 saturated carbocycles. The van der Waals surface area contributed by atoms with Crippen LogP contribution in [0.1, 0.15) is 36.3 Å². The molecule has 0 saturated heterocycles. The first kappa shape index (κ1) is 16.1. The number of amides is 1. The Morgan fingerprint density at radius 2 is 2.00 bits per heavy atom. The van der Waals surface area contributed by atoms with Gasteiger partial charge >= 0.3 is 5.22 Å². The summed E-state index contributed by atoms with van der Waals surface area (Å²) in [6.45, 7) is 3.68. The molecule has 0 aliphatic heterocycles. The number of hydrogen-bond donors (Lipinski definition) is 1. The van der Waals surface area contributed by atoms with E-state index in [2.05, 4.69) is 20.5 Å². The van der Waals surface area contributed by atoms with E-state index < -0.39 is 27.0 Å². The van der Waals surface area contributed by atoms with E-state index in [1.165, 1.54) is 6.20 Å². The molecular formula is C13H16N4O4S. The third kappa shape index (κ3) is 3.67. The van der Waals surface area contributed by atoms with E-state index in [4.69, 9.17) is 4.42 Å². The van der Waals surface area contributed by atoms with Crippen molar-refractivity contribution in [1.29, 1.82) is 0 Å². The fourth-order valence-electron chi connectivity index (χ4n) is 1.72. The van der Waals surface area contributed by atoms with Gasteiger partial charge in [-0.2, -0.15) is 0 Å². The molecule has 1 atom stereocenters. The van der Waals surface area contributed by atoms with Crippen LogP contribution in [0.15, 0.2) is 34.0 Å². The number of nitrogens with zero attached hydrogens (tertiary/aromatic N) is 3. The second kappa shape index (κ2) is 6.22. The van der Waals surface area contributed by atoms with E-state index in [-0.39, 0.29) is 17.5 Å². The lowest BCUT2D eigenvalue weighted by molar-refractivity contribution is 0.0910. The molecule has 8 nitrogen and oxygen atoms in total. The van der Waals surface area contributed by atoms with E-state index >= 15 is 0 Å². The summed E-state index contributed by atoms with van der Waals surface area (Å²) in [5.41, 5.74) is 0.246. The van der Waals surface area contributed by atoms with E-state index in [0.29, 0.717) is 0 Å². The molecule has 0 spiro atoms. The zero-order valence-corrected chi connectivity index (χ0v) is 13.2. The van der Waals surface area contributed by atoms with Crippen LogP contribution in [0.25, 0.3) is 0 Å². The average molecular weight is 324 g/mol.